The van der Waals surface area contributed by atoms with Gasteiger partial charge in [0.2, 0.25) is 0 Å². The van der Waals surface area contributed by atoms with Crippen LogP contribution >= 0.6 is 24.0 Å². The van der Waals surface area contributed by atoms with Crippen LogP contribution in [-0.4, -0.2) is 32.2 Å². The van der Waals surface area contributed by atoms with E-state index in [0.29, 0.717) is 4.91 Å². The van der Waals surface area contributed by atoms with Crippen LogP contribution in [0.5, 0.6) is 0 Å². The average Bonchev–Trinajstić information content (AvgIpc) is 3.06. The summed E-state index contributed by atoms with van der Waals surface area (Å²) >= 11 is 6.55. The van der Waals surface area contributed by atoms with E-state index >= 15 is 0 Å². The first-order valence-electron chi connectivity index (χ1n) is 10.2. The number of carbonyl (C=O) groups excluding carboxylic acids is 1. The first kappa shape index (κ1) is 22.0. The predicted molar refractivity (Wildman–Crippen MR) is 132 cm³/mol. The summed E-state index contributed by atoms with van der Waals surface area (Å²) < 4.78 is 0.269. The quantitative estimate of drug-likeness (QED) is 0.390. The highest BCUT2D eigenvalue weighted by Crippen LogP contribution is 2.35. The van der Waals surface area contributed by atoms with Crippen molar-refractivity contribution >= 4 is 46.3 Å². The highest BCUT2D eigenvalue weighted by molar-refractivity contribution is 8.26. The minimum atomic E-state index is -1.07. The van der Waals surface area contributed by atoms with Gasteiger partial charge in [-0.3, -0.25) is 9.69 Å². The summed E-state index contributed by atoms with van der Waals surface area (Å²) in [4.78, 5) is 26.8. The highest BCUT2D eigenvalue weighted by atomic mass is 32.2. The summed E-state index contributed by atoms with van der Waals surface area (Å²) in [5.74, 6) is -1.44. The van der Waals surface area contributed by atoms with Gasteiger partial charge in [0.25, 0.3) is 5.91 Å². The van der Waals surface area contributed by atoms with Gasteiger partial charge in [0.15, 0.2) is 0 Å². The van der Waals surface area contributed by atoms with E-state index in [1.54, 1.807) is 6.08 Å². The lowest BCUT2D eigenvalue weighted by atomic mass is 10.0. The highest BCUT2D eigenvalue weighted by Gasteiger charge is 2.40. The lowest BCUT2D eigenvalue weighted by molar-refractivity contribution is -0.145. The third-order valence-electron chi connectivity index (χ3n) is 5.19. The SMILES string of the molecule is O=C(O)C(Cc1ccccc1)N1C(=O)/C(=C/c2cccc(Cc3ccccc3)c2)SC1=S. The van der Waals surface area contributed by atoms with Crippen molar-refractivity contribution in [2.75, 3.05) is 0 Å². The van der Waals surface area contributed by atoms with Crippen molar-refractivity contribution in [1.29, 1.82) is 0 Å². The number of hydrogen-bond acceptors (Lipinski definition) is 4. The number of hydrogen-bond donors (Lipinski definition) is 1. The number of amides is 1. The monoisotopic (exact) mass is 459 g/mol. The number of aliphatic carboxylic acids is 1. The number of thioether (sulfide) groups is 1. The standard InChI is InChI=1S/C26H21NO3S2/c28-24-23(17-21-13-7-12-20(15-21)14-18-8-3-1-4-9-18)32-26(31)27(24)22(25(29)30)16-19-10-5-2-6-11-19/h1-13,15,17,22H,14,16H2,(H,29,30)/b23-17-. The van der Waals surface area contributed by atoms with Crippen LogP contribution < -0.4 is 0 Å². The maximum absolute atomic E-state index is 13.1. The van der Waals surface area contributed by atoms with Crippen molar-refractivity contribution in [1.82, 2.24) is 4.90 Å². The molecule has 1 aliphatic rings. The van der Waals surface area contributed by atoms with Crippen LogP contribution in [0.4, 0.5) is 0 Å². The second-order valence-corrected chi connectivity index (χ2v) is 9.18. The first-order chi connectivity index (χ1) is 15.5. The Balaban J connectivity index is 1.55. The van der Waals surface area contributed by atoms with Gasteiger partial charge in [0.05, 0.1) is 4.91 Å². The van der Waals surface area contributed by atoms with Crippen LogP contribution in [-0.2, 0) is 22.4 Å². The second-order valence-electron chi connectivity index (χ2n) is 7.50. The second kappa shape index (κ2) is 9.94. The van der Waals surface area contributed by atoms with Gasteiger partial charge in [-0.1, -0.05) is 109 Å². The average molecular weight is 460 g/mol. The first-order valence-corrected chi connectivity index (χ1v) is 11.4. The van der Waals surface area contributed by atoms with Crippen LogP contribution in [0.3, 0.4) is 0 Å². The molecule has 0 radical (unpaired) electrons. The van der Waals surface area contributed by atoms with E-state index in [9.17, 15) is 14.7 Å². The third kappa shape index (κ3) is 5.15. The minimum Gasteiger partial charge on any atom is -0.480 e. The Morgan fingerprint density at radius 2 is 1.56 bits per heavy atom. The summed E-state index contributed by atoms with van der Waals surface area (Å²) in [5, 5.41) is 9.80. The van der Waals surface area contributed by atoms with Crippen molar-refractivity contribution in [3.8, 4) is 0 Å². The molecule has 4 rings (SSSR count). The molecule has 1 atom stereocenters. The summed E-state index contributed by atoms with van der Waals surface area (Å²) in [7, 11) is 0. The zero-order chi connectivity index (χ0) is 22.5. The van der Waals surface area contributed by atoms with Crippen LogP contribution in [0, 0.1) is 0 Å². The Kier molecular flexibility index (Phi) is 6.83. The summed E-state index contributed by atoms with van der Waals surface area (Å²) in [6.45, 7) is 0. The van der Waals surface area contributed by atoms with Crippen LogP contribution in [0.25, 0.3) is 6.08 Å². The molecule has 1 amide bonds. The molecule has 32 heavy (non-hydrogen) atoms. The Hall–Kier alpha value is -3.22. The molecule has 1 unspecified atom stereocenters. The fourth-order valence-corrected chi connectivity index (χ4v) is 5.01. The molecule has 0 aliphatic carbocycles. The molecule has 1 heterocycles. The van der Waals surface area contributed by atoms with E-state index in [4.69, 9.17) is 12.2 Å². The molecule has 0 aromatic heterocycles. The van der Waals surface area contributed by atoms with Gasteiger partial charge in [-0.05, 0) is 34.8 Å². The lowest BCUT2D eigenvalue weighted by Crippen LogP contribution is -2.45. The number of carbonyl (C=O) groups is 2. The summed E-state index contributed by atoms with van der Waals surface area (Å²) in [6, 6.07) is 26.4. The molecule has 3 aromatic carbocycles. The minimum absolute atomic E-state index is 0.197. The van der Waals surface area contributed by atoms with Crippen LogP contribution in [0.1, 0.15) is 22.3 Å². The van der Waals surface area contributed by atoms with E-state index in [-0.39, 0.29) is 16.6 Å². The zero-order valence-electron chi connectivity index (χ0n) is 17.2. The molecule has 1 fully saturated rings. The number of benzene rings is 3. The Labute approximate surface area is 196 Å². The van der Waals surface area contributed by atoms with E-state index < -0.39 is 12.0 Å². The van der Waals surface area contributed by atoms with Crippen molar-refractivity contribution in [3.63, 3.8) is 0 Å². The van der Waals surface area contributed by atoms with Crippen molar-refractivity contribution in [3.05, 3.63) is 112 Å². The molecule has 1 aliphatic heterocycles. The number of thiocarbonyl (C=S) groups is 1. The fraction of sp³-hybridized carbons (Fsp3) is 0.115. The number of carboxylic acid groups (broad SMARTS) is 1. The predicted octanol–water partition coefficient (Wildman–Crippen LogP) is 5.17. The lowest BCUT2D eigenvalue weighted by Gasteiger charge is -2.23. The van der Waals surface area contributed by atoms with Crippen LogP contribution in [0.15, 0.2) is 89.8 Å². The Bertz CT molecular complexity index is 1180. The Morgan fingerprint density at radius 1 is 0.938 bits per heavy atom. The molecular formula is C26H21NO3S2. The molecule has 1 saturated heterocycles. The van der Waals surface area contributed by atoms with E-state index in [0.717, 1.165) is 34.9 Å². The summed E-state index contributed by atoms with van der Waals surface area (Å²) in [6.07, 6.45) is 2.78. The van der Waals surface area contributed by atoms with Gasteiger partial charge in [-0.2, -0.15) is 0 Å². The molecule has 6 heteroatoms. The molecule has 3 aromatic rings. The molecular weight excluding hydrogens is 438 g/mol. The molecule has 0 saturated carbocycles. The van der Waals surface area contributed by atoms with Gasteiger partial charge in [-0.25, -0.2) is 4.79 Å². The number of carboxylic acids is 1. The van der Waals surface area contributed by atoms with E-state index in [2.05, 4.69) is 18.2 Å². The molecule has 160 valence electrons. The van der Waals surface area contributed by atoms with Gasteiger partial charge < -0.3 is 5.11 Å². The Morgan fingerprint density at radius 3 is 2.22 bits per heavy atom. The van der Waals surface area contributed by atoms with E-state index in [1.807, 2.05) is 66.7 Å². The van der Waals surface area contributed by atoms with Gasteiger partial charge in [0, 0.05) is 6.42 Å². The summed E-state index contributed by atoms with van der Waals surface area (Å²) in [5.41, 5.74) is 4.06. The number of nitrogens with zero attached hydrogens (tertiary/aromatic N) is 1. The van der Waals surface area contributed by atoms with Gasteiger partial charge in [0.1, 0.15) is 10.4 Å². The fourth-order valence-electron chi connectivity index (χ4n) is 3.65. The van der Waals surface area contributed by atoms with Crippen molar-refractivity contribution < 1.29 is 14.7 Å². The topological polar surface area (TPSA) is 57.6 Å². The van der Waals surface area contributed by atoms with Gasteiger partial charge >= 0.3 is 5.97 Å². The molecule has 1 N–H and O–H groups in total. The molecule has 4 nitrogen and oxygen atoms in total. The third-order valence-corrected chi connectivity index (χ3v) is 6.52. The molecule has 0 bridgehead atoms. The largest absolute Gasteiger partial charge is 0.480 e. The smallest absolute Gasteiger partial charge is 0.327 e. The maximum atomic E-state index is 13.1. The van der Waals surface area contributed by atoms with Crippen molar-refractivity contribution in [2.45, 2.75) is 18.9 Å². The molecule has 0 spiro atoms. The maximum Gasteiger partial charge on any atom is 0.327 e. The van der Waals surface area contributed by atoms with Crippen molar-refractivity contribution in [2.24, 2.45) is 0 Å². The number of rotatable bonds is 7. The normalized spacial score (nSPS) is 15.9. The van der Waals surface area contributed by atoms with Crippen LogP contribution in [0.2, 0.25) is 0 Å². The van der Waals surface area contributed by atoms with E-state index in [1.165, 1.54) is 10.5 Å². The zero-order valence-corrected chi connectivity index (χ0v) is 18.8. The van der Waals surface area contributed by atoms with Gasteiger partial charge in [-0.15, -0.1) is 0 Å².